The molecule has 0 saturated heterocycles. The largest absolute Gasteiger partial charge is 0.303 e. The average molecular weight is 224 g/mol. The molecule has 0 N–H and O–H groups in total. The molecule has 0 heterocycles. The van der Waals surface area contributed by atoms with E-state index in [9.17, 15) is 4.79 Å². The van der Waals surface area contributed by atoms with Crippen molar-refractivity contribution < 1.29 is 4.79 Å². The van der Waals surface area contributed by atoms with Gasteiger partial charge in [0.05, 0.1) is 0 Å². The molecule has 0 unspecified atom stereocenters. The van der Waals surface area contributed by atoms with Gasteiger partial charge in [-0.05, 0) is 18.1 Å². The SMILES string of the molecule is Cc1ccc([C@H](CC=O)c2ccccc2)cc1. The molecule has 0 saturated carbocycles. The molecule has 0 aliphatic rings. The zero-order valence-corrected chi connectivity index (χ0v) is 9.97. The van der Waals surface area contributed by atoms with Crippen LogP contribution in [0.1, 0.15) is 29.0 Å². The number of benzene rings is 2. The predicted molar refractivity (Wildman–Crippen MR) is 70.1 cm³/mol. The van der Waals surface area contributed by atoms with Gasteiger partial charge in [-0.25, -0.2) is 0 Å². The molecule has 0 spiro atoms. The first kappa shape index (κ1) is 11.6. The minimum Gasteiger partial charge on any atom is -0.303 e. The Kier molecular flexibility index (Phi) is 3.71. The first-order valence-electron chi connectivity index (χ1n) is 5.86. The van der Waals surface area contributed by atoms with Crippen molar-refractivity contribution in [3.05, 3.63) is 71.3 Å². The fourth-order valence-electron chi connectivity index (χ4n) is 2.04. The molecule has 2 aromatic rings. The number of hydrogen-bond acceptors (Lipinski definition) is 1. The molecule has 0 aliphatic heterocycles. The Morgan fingerprint density at radius 3 is 2.12 bits per heavy atom. The normalized spacial score (nSPS) is 12.1. The molecule has 1 heteroatoms. The molecular weight excluding hydrogens is 208 g/mol. The number of carbonyl (C=O) groups is 1. The van der Waals surface area contributed by atoms with Crippen molar-refractivity contribution in [2.75, 3.05) is 0 Å². The van der Waals surface area contributed by atoms with Gasteiger partial charge in [-0.15, -0.1) is 0 Å². The maximum absolute atomic E-state index is 10.8. The second kappa shape index (κ2) is 5.44. The van der Waals surface area contributed by atoms with E-state index in [1.54, 1.807) is 0 Å². The highest BCUT2D eigenvalue weighted by molar-refractivity contribution is 5.54. The zero-order chi connectivity index (χ0) is 12.1. The van der Waals surface area contributed by atoms with Crippen molar-refractivity contribution in [2.45, 2.75) is 19.3 Å². The van der Waals surface area contributed by atoms with Gasteiger partial charge in [0.25, 0.3) is 0 Å². The Morgan fingerprint density at radius 2 is 1.53 bits per heavy atom. The van der Waals surface area contributed by atoms with E-state index in [1.165, 1.54) is 16.7 Å². The molecule has 0 bridgehead atoms. The number of aldehydes is 1. The van der Waals surface area contributed by atoms with Gasteiger partial charge in [0.1, 0.15) is 6.29 Å². The Bertz CT molecular complexity index is 471. The molecule has 86 valence electrons. The molecule has 17 heavy (non-hydrogen) atoms. The Balaban J connectivity index is 2.35. The van der Waals surface area contributed by atoms with Crippen molar-refractivity contribution in [3.8, 4) is 0 Å². The van der Waals surface area contributed by atoms with E-state index in [4.69, 9.17) is 0 Å². The van der Waals surface area contributed by atoms with E-state index in [2.05, 4.69) is 43.3 Å². The van der Waals surface area contributed by atoms with Crippen LogP contribution in [0.4, 0.5) is 0 Å². The molecular formula is C16H16O. The summed E-state index contributed by atoms with van der Waals surface area (Å²) in [4.78, 5) is 10.8. The van der Waals surface area contributed by atoms with Gasteiger partial charge >= 0.3 is 0 Å². The highest BCUT2D eigenvalue weighted by atomic mass is 16.1. The summed E-state index contributed by atoms with van der Waals surface area (Å²) < 4.78 is 0. The highest BCUT2D eigenvalue weighted by Crippen LogP contribution is 2.27. The second-order valence-electron chi connectivity index (χ2n) is 4.28. The predicted octanol–water partition coefficient (Wildman–Crippen LogP) is 3.72. The third-order valence-corrected chi connectivity index (χ3v) is 3.01. The third kappa shape index (κ3) is 2.82. The quantitative estimate of drug-likeness (QED) is 0.723. The van der Waals surface area contributed by atoms with Crippen LogP contribution in [-0.4, -0.2) is 6.29 Å². The number of carbonyl (C=O) groups excluding carboxylic acids is 1. The van der Waals surface area contributed by atoms with Gasteiger partial charge in [-0.3, -0.25) is 0 Å². The van der Waals surface area contributed by atoms with Crippen LogP contribution < -0.4 is 0 Å². The molecule has 0 radical (unpaired) electrons. The van der Waals surface area contributed by atoms with Crippen LogP contribution in [0.5, 0.6) is 0 Å². The zero-order valence-electron chi connectivity index (χ0n) is 9.97. The first-order chi connectivity index (χ1) is 8.31. The Morgan fingerprint density at radius 1 is 0.941 bits per heavy atom. The van der Waals surface area contributed by atoms with Crippen molar-refractivity contribution in [3.63, 3.8) is 0 Å². The summed E-state index contributed by atoms with van der Waals surface area (Å²) in [6, 6.07) is 18.6. The second-order valence-corrected chi connectivity index (χ2v) is 4.28. The first-order valence-corrected chi connectivity index (χ1v) is 5.86. The van der Waals surface area contributed by atoms with Crippen LogP contribution in [0.15, 0.2) is 54.6 Å². The maximum Gasteiger partial charge on any atom is 0.120 e. The van der Waals surface area contributed by atoms with Gasteiger partial charge in [-0.1, -0.05) is 60.2 Å². The van der Waals surface area contributed by atoms with Crippen LogP contribution in [0.2, 0.25) is 0 Å². The Hall–Kier alpha value is -1.89. The van der Waals surface area contributed by atoms with Crippen LogP contribution in [0.25, 0.3) is 0 Å². The Labute approximate surface area is 102 Å². The lowest BCUT2D eigenvalue weighted by atomic mass is 9.89. The molecule has 2 rings (SSSR count). The summed E-state index contributed by atoms with van der Waals surface area (Å²) in [6.45, 7) is 2.07. The van der Waals surface area contributed by atoms with E-state index < -0.39 is 0 Å². The van der Waals surface area contributed by atoms with Crippen molar-refractivity contribution in [1.82, 2.24) is 0 Å². The lowest BCUT2D eigenvalue weighted by Crippen LogP contribution is -2.01. The van der Waals surface area contributed by atoms with Crippen LogP contribution in [0.3, 0.4) is 0 Å². The van der Waals surface area contributed by atoms with Crippen LogP contribution in [-0.2, 0) is 4.79 Å². The van der Waals surface area contributed by atoms with Gasteiger partial charge < -0.3 is 4.79 Å². The summed E-state index contributed by atoms with van der Waals surface area (Å²) in [5.74, 6) is 0.175. The van der Waals surface area contributed by atoms with Gasteiger partial charge in [0.2, 0.25) is 0 Å². The fraction of sp³-hybridized carbons (Fsp3) is 0.188. The lowest BCUT2D eigenvalue weighted by Gasteiger charge is -2.15. The van der Waals surface area contributed by atoms with Crippen molar-refractivity contribution in [1.29, 1.82) is 0 Å². The minimum atomic E-state index is 0.175. The summed E-state index contributed by atoms with van der Waals surface area (Å²) >= 11 is 0. The highest BCUT2D eigenvalue weighted by Gasteiger charge is 2.12. The summed E-state index contributed by atoms with van der Waals surface area (Å²) in [5.41, 5.74) is 3.64. The number of rotatable bonds is 4. The van der Waals surface area contributed by atoms with Gasteiger partial charge in [0, 0.05) is 12.3 Å². The van der Waals surface area contributed by atoms with E-state index in [1.807, 2.05) is 18.2 Å². The number of hydrogen-bond donors (Lipinski definition) is 0. The van der Waals surface area contributed by atoms with Crippen LogP contribution >= 0.6 is 0 Å². The summed E-state index contributed by atoms with van der Waals surface area (Å²) in [5, 5.41) is 0. The van der Waals surface area contributed by atoms with Crippen molar-refractivity contribution in [2.24, 2.45) is 0 Å². The van der Waals surface area contributed by atoms with Gasteiger partial charge in [-0.2, -0.15) is 0 Å². The standard InChI is InChI=1S/C16H16O/c1-13-7-9-15(10-8-13)16(11-12-17)14-5-3-2-4-6-14/h2-10,12,16H,11H2,1H3/t16-/m1/s1. The molecule has 0 amide bonds. The smallest absolute Gasteiger partial charge is 0.120 e. The van der Waals surface area contributed by atoms with E-state index in [-0.39, 0.29) is 5.92 Å². The molecule has 2 aromatic carbocycles. The van der Waals surface area contributed by atoms with E-state index >= 15 is 0 Å². The maximum atomic E-state index is 10.8. The fourth-order valence-corrected chi connectivity index (χ4v) is 2.04. The molecule has 1 nitrogen and oxygen atoms in total. The number of aryl methyl sites for hydroxylation is 1. The topological polar surface area (TPSA) is 17.1 Å². The monoisotopic (exact) mass is 224 g/mol. The molecule has 0 aromatic heterocycles. The molecule has 0 fully saturated rings. The minimum absolute atomic E-state index is 0.175. The summed E-state index contributed by atoms with van der Waals surface area (Å²) in [6.07, 6.45) is 1.53. The lowest BCUT2D eigenvalue weighted by molar-refractivity contribution is -0.108. The molecule has 1 atom stereocenters. The average Bonchev–Trinajstić information content (AvgIpc) is 2.38. The van der Waals surface area contributed by atoms with E-state index in [0.29, 0.717) is 6.42 Å². The van der Waals surface area contributed by atoms with Gasteiger partial charge in [0.15, 0.2) is 0 Å². The van der Waals surface area contributed by atoms with Crippen LogP contribution in [0, 0.1) is 6.92 Å². The van der Waals surface area contributed by atoms with E-state index in [0.717, 1.165) is 6.29 Å². The third-order valence-electron chi connectivity index (χ3n) is 3.01. The molecule has 0 aliphatic carbocycles. The summed E-state index contributed by atoms with van der Waals surface area (Å²) in [7, 11) is 0. The van der Waals surface area contributed by atoms with Crippen molar-refractivity contribution >= 4 is 6.29 Å².